The van der Waals surface area contributed by atoms with Crippen molar-refractivity contribution in [2.45, 2.75) is 20.3 Å². The van der Waals surface area contributed by atoms with Crippen LogP contribution in [0.4, 0.5) is 0 Å². The molecule has 0 aromatic heterocycles. The SMILES string of the molecule is COc1ccc(CCN(CC(C)C)C(=O)CN)cc1OC. The van der Waals surface area contributed by atoms with Gasteiger partial charge in [-0.1, -0.05) is 19.9 Å². The summed E-state index contributed by atoms with van der Waals surface area (Å²) in [6.45, 7) is 5.62. The number of hydrogen-bond acceptors (Lipinski definition) is 4. The van der Waals surface area contributed by atoms with Gasteiger partial charge in [-0.2, -0.15) is 0 Å². The average Bonchev–Trinajstić information content (AvgIpc) is 2.49. The highest BCUT2D eigenvalue weighted by Gasteiger charge is 2.13. The number of nitrogens with zero attached hydrogens (tertiary/aromatic N) is 1. The fraction of sp³-hybridized carbons (Fsp3) is 0.562. The Balaban J connectivity index is 2.73. The highest BCUT2D eigenvalue weighted by Crippen LogP contribution is 2.27. The number of benzene rings is 1. The van der Waals surface area contributed by atoms with Gasteiger partial charge in [0.1, 0.15) is 0 Å². The maximum atomic E-state index is 11.8. The van der Waals surface area contributed by atoms with Gasteiger partial charge in [-0.15, -0.1) is 0 Å². The van der Waals surface area contributed by atoms with Crippen molar-refractivity contribution in [3.05, 3.63) is 23.8 Å². The third kappa shape index (κ3) is 5.27. The predicted octanol–water partition coefficient (Wildman–Crippen LogP) is 1.69. The van der Waals surface area contributed by atoms with Crippen LogP contribution in [0, 0.1) is 5.92 Å². The molecule has 1 aromatic carbocycles. The quantitative estimate of drug-likeness (QED) is 0.792. The molecule has 0 fully saturated rings. The Hall–Kier alpha value is -1.75. The number of carbonyl (C=O) groups excluding carboxylic acids is 1. The first kappa shape index (κ1) is 17.3. The van der Waals surface area contributed by atoms with Crippen LogP contribution in [0.2, 0.25) is 0 Å². The van der Waals surface area contributed by atoms with Gasteiger partial charge in [0.25, 0.3) is 0 Å². The van der Waals surface area contributed by atoms with E-state index in [-0.39, 0.29) is 12.5 Å². The number of carbonyl (C=O) groups is 1. The van der Waals surface area contributed by atoms with Gasteiger partial charge in [0.15, 0.2) is 11.5 Å². The molecule has 0 unspecified atom stereocenters. The summed E-state index contributed by atoms with van der Waals surface area (Å²) in [6, 6.07) is 5.81. The molecule has 2 N–H and O–H groups in total. The zero-order chi connectivity index (χ0) is 15.8. The van der Waals surface area contributed by atoms with Crippen molar-refractivity contribution >= 4 is 5.91 Å². The second-order valence-electron chi connectivity index (χ2n) is 5.38. The Kier molecular flexibility index (Phi) is 7.02. The van der Waals surface area contributed by atoms with Crippen molar-refractivity contribution < 1.29 is 14.3 Å². The van der Waals surface area contributed by atoms with Crippen LogP contribution in [-0.2, 0) is 11.2 Å². The Labute approximate surface area is 127 Å². The first-order chi connectivity index (χ1) is 10.0. The highest BCUT2D eigenvalue weighted by atomic mass is 16.5. The normalized spacial score (nSPS) is 10.6. The van der Waals surface area contributed by atoms with Crippen LogP contribution < -0.4 is 15.2 Å². The van der Waals surface area contributed by atoms with Crippen molar-refractivity contribution in [1.29, 1.82) is 0 Å². The minimum atomic E-state index is -0.0100. The van der Waals surface area contributed by atoms with Gasteiger partial charge in [-0.25, -0.2) is 0 Å². The van der Waals surface area contributed by atoms with E-state index in [2.05, 4.69) is 13.8 Å². The van der Waals surface area contributed by atoms with Crippen molar-refractivity contribution in [2.24, 2.45) is 11.7 Å². The standard InChI is InChI=1S/C16H26N2O3/c1-12(2)11-18(16(19)10-17)8-7-13-5-6-14(20-3)15(9-13)21-4/h5-6,9,12H,7-8,10-11,17H2,1-4H3. The molecule has 1 amide bonds. The zero-order valence-corrected chi connectivity index (χ0v) is 13.4. The summed E-state index contributed by atoms with van der Waals surface area (Å²) in [4.78, 5) is 13.7. The molecule has 0 radical (unpaired) electrons. The molecule has 0 saturated carbocycles. The molecule has 0 aliphatic heterocycles. The third-order valence-electron chi connectivity index (χ3n) is 3.23. The van der Waals surface area contributed by atoms with Gasteiger partial charge in [0.05, 0.1) is 20.8 Å². The second-order valence-corrected chi connectivity index (χ2v) is 5.38. The summed E-state index contributed by atoms with van der Waals surface area (Å²) in [5, 5.41) is 0. The Bertz CT molecular complexity index is 461. The van der Waals surface area contributed by atoms with E-state index >= 15 is 0 Å². The molecule has 5 heteroatoms. The molecule has 21 heavy (non-hydrogen) atoms. The van der Waals surface area contributed by atoms with E-state index < -0.39 is 0 Å². The van der Waals surface area contributed by atoms with Gasteiger partial charge in [0.2, 0.25) is 5.91 Å². The molecule has 0 spiro atoms. The first-order valence-corrected chi connectivity index (χ1v) is 7.20. The number of nitrogens with two attached hydrogens (primary N) is 1. The lowest BCUT2D eigenvalue weighted by Gasteiger charge is -2.24. The maximum absolute atomic E-state index is 11.8. The summed E-state index contributed by atoms with van der Waals surface area (Å²) in [5.74, 6) is 1.82. The summed E-state index contributed by atoms with van der Waals surface area (Å²) < 4.78 is 10.5. The number of rotatable bonds is 8. The molecule has 0 saturated heterocycles. The molecule has 0 bridgehead atoms. The summed E-state index contributed by atoms with van der Waals surface area (Å²) in [7, 11) is 3.23. The van der Waals surface area contributed by atoms with Crippen LogP contribution in [0.1, 0.15) is 19.4 Å². The topological polar surface area (TPSA) is 64.8 Å². The van der Waals surface area contributed by atoms with E-state index in [0.29, 0.717) is 24.0 Å². The van der Waals surface area contributed by atoms with E-state index in [4.69, 9.17) is 15.2 Å². The molecule has 118 valence electrons. The van der Waals surface area contributed by atoms with Crippen LogP contribution in [0.25, 0.3) is 0 Å². The van der Waals surface area contributed by atoms with Gasteiger partial charge in [-0.05, 0) is 30.0 Å². The monoisotopic (exact) mass is 294 g/mol. The highest BCUT2D eigenvalue weighted by molar-refractivity contribution is 5.78. The van der Waals surface area contributed by atoms with E-state index in [1.165, 1.54) is 0 Å². The Morgan fingerprint density at radius 3 is 2.43 bits per heavy atom. The molecule has 0 atom stereocenters. The van der Waals surface area contributed by atoms with Crippen LogP contribution in [-0.4, -0.2) is 44.7 Å². The fourth-order valence-corrected chi connectivity index (χ4v) is 2.19. The van der Waals surface area contributed by atoms with Gasteiger partial charge in [0, 0.05) is 13.1 Å². The maximum Gasteiger partial charge on any atom is 0.236 e. The van der Waals surface area contributed by atoms with E-state index in [0.717, 1.165) is 18.5 Å². The van der Waals surface area contributed by atoms with Gasteiger partial charge >= 0.3 is 0 Å². The summed E-state index contributed by atoms with van der Waals surface area (Å²) in [5.41, 5.74) is 6.58. The number of hydrogen-bond donors (Lipinski definition) is 1. The zero-order valence-electron chi connectivity index (χ0n) is 13.4. The van der Waals surface area contributed by atoms with Crippen molar-refractivity contribution in [3.63, 3.8) is 0 Å². The molecular formula is C16H26N2O3. The summed E-state index contributed by atoms with van der Waals surface area (Å²) in [6.07, 6.45) is 0.763. The van der Waals surface area contributed by atoms with Crippen molar-refractivity contribution in [1.82, 2.24) is 4.90 Å². The van der Waals surface area contributed by atoms with E-state index in [1.807, 2.05) is 23.1 Å². The Morgan fingerprint density at radius 2 is 1.90 bits per heavy atom. The van der Waals surface area contributed by atoms with Crippen LogP contribution >= 0.6 is 0 Å². The lowest BCUT2D eigenvalue weighted by atomic mass is 10.1. The number of ether oxygens (including phenoxy) is 2. The van der Waals surface area contributed by atoms with E-state index in [1.54, 1.807) is 14.2 Å². The van der Waals surface area contributed by atoms with E-state index in [9.17, 15) is 4.79 Å². The second kappa shape index (κ2) is 8.52. The van der Waals surface area contributed by atoms with Crippen molar-refractivity contribution in [3.8, 4) is 11.5 Å². The van der Waals surface area contributed by atoms with Crippen LogP contribution in [0.15, 0.2) is 18.2 Å². The minimum Gasteiger partial charge on any atom is -0.493 e. The van der Waals surface area contributed by atoms with Crippen LogP contribution in [0.3, 0.4) is 0 Å². The molecule has 0 aliphatic rings. The molecule has 0 heterocycles. The lowest BCUT2D eigenvalue weighted by molar-refractivity contribution is -0.130. The molecular weight excluding hydrogens is 268 g/mol. The summed E-state index contributed by atoms with van der Waals surface area (Å²) >= 11 is 0. The van der Waals surface area contributed by atoms with Crippen LogP contribution in [0.5, 0.6) is 11.5 Å². The predicted molar refractivity (Wildman–Crippen MR) is 83.7 cm³/mol. The Morgan fingerprint density at radius 1 is 1.24 bits per heavy atom. The molecule has 0 aliphatic carbocycles. The minimum absolute atomic E-state index is 0.0100. The first-order valence-electron chi connectivity index (χ1n) is 7.20. The third-order valence-corrected chi connectivity index (χ3v) is 3.23. The average molecular weight is 294 g/mol. The van der Waals surface area contributed by atoms with Gasteiger partial charge < -0.3 is 20.1 Å². The smallest absolute Gasteiger partial charge is 0.236 e. The molecule has 1 rings (SSSR count). The molecule has 5 nitrogen and oxygen atoms in total. The number of amides is 1. The van der Waals surface area contributed by atoms with Gasteiger partial charge in [-0.3, -0.25) is 4.79 Å². The number of methoxy groups -OCH3 is 2. The fourth-order valence-electron chi connectivity index (χ4n) is 2.19. The largest absolute Gasteiger partial charge is 0.493 e. The molecule has 1 aromatic rings. The van der Waals surface area contributed by atoms with Crippen molar-refractivity contribution in [2.75, 3.05) is 33.9 Å². The lowest BCUT2D eigenvalue weighted by Crippen LogP contribution is -2.39.